The molecule has 1 aliphatic rings. The molecule has 2 amide bonds. The van der Waals surface area contributed by atoms with Gasteiger partial charge in [0, 0.05) is 16.8 Å². The van der Waals surface area contributed by atoms with E-state index in [2.05, 4.69) is 20.6 Å². The van der Waals surface area contributed by atoms with Crippen LogP contribution in [0.2, 0.25) is 0 Å². The average Bonchev–Trinajstić information content (AvgIpc) is 3.17. The summed E-state index contributed by atoms with van der Waals surface area (Å²) in [4.78, 5) is 21.1. The Kier molecular flexibility index (Phi) is 4.11. The highest BCUT2D eigenvalue weighted by Crippen LogP contribution is 2.41. The van der Waals surface area contributed by atoms with Crippen molar-refractivity contribution in [3.05, 3.63) is 39.5 Å². The monoisotopic (exact) mass is 316 g/mol. The van der Waals surface area contributed by atoms with Crippen LogP contribution in [0, 0.1) is 26.7 Å². The SMILES string of the molecule is Cc1cc(C)nc(NC(=O)NC(c2nc(C)cs2)C2CC2)c1. The molecule has 1 aliphatic carbocycles. The molecule has 6 heteroatoms. The van der Waals surface area contributed by atoms with E-state index in [1.54, 1.807) is 11.3 Å². The van der Waals surface area contributed by atoms with Crippen LogP contribution in [0.15, 0.2) is 17.5 Å². The maximum atomic E-state index is 12.3. The zero-order valence-electron chi connectivity index (χ0n) is 13.0. The second kappa shape index (κ2) is 6.04. The van der Waals surface area contributed by atoms with Crippen molar-refractivity contribution in [1.29, 1.82) is 0 Å². The second-order valence-electron chi connectivity index (χ2n) is 5.91. The van der Waals surface area contributed by atoms with E-state index < -0.39 is 0 Å². The number of hydrogen-bond donors (Lipinski definition) is 2. The van der Waals surface area contributed by atoms with Gasteiger partial charge in [-0.1, -0.05) is 0 Å². The standard InChI is InChI=1S/C16H20N4OS/c1-9-6-10(2)17-13(7-9)19-16(21)20-14(12-4-5-12)15-18-11(3)8-22-15/h6-8,12,14H,4-5H2,1-3H3,(H2,17,19,20,21). The van der Waals surface area contributed by atoms with Crippen molar-refractivity contribution < 1.29 is 4.79 Å². The Morgan fingerprint density at radius 2 is 2.00 bits per heavy atom. The molecule has 1 atom stereocenters. The number of nitrogens with one attached hydrogen (secondary N) is 2. The second-order valence-corrected chi connectivity index (χ2v) is 6.80. The molecule has 1 saturated carbocycles. The summed E-state index contributed by atoms with van der Waals surface area (Å²) in [6.45, 7) is 5.88. The molecule has 22 heavy (non-hydrogen) atoms. The predicted octanol–water partition coefficient (Wildman–Crippen LogP) is 3.74. The number of carbonyl (C=O) groups is 1. The lowest BCUT2D eigenvalue weighted by molar-refractivity contribution is 0.247. The first-order valence-corrected chi connectivity index (χ1v) is 8.34. The molecule has 3 rings (SSSR count). The average molecular weight is 316 g/mol. The molecule has 0 spiro atoms. The summed E-state index contributed by atoms with van der Waals surface area (Å²) in [5.74, 6) is 1.09. The van der Waals surface area contributed by atoms with Crippen molar-refractivity contribution in [3.63, 3.8) is 0 Å². The highest BCUT2D eigenvalue weighted by atomic mass is 32.1. The third kappa shape index (κ3) is 3.62. The van der Waals surface area contributed by atoms with Crippen LogP contribution in [0.1, 0.15) is 40.8 Å². The van der Waals surface area contributed by atoms with E-state index >= 15 is 0 Å². The summed E-state index contributed by atoms with van der Waals surface area (Å²) in [5.41, 5.74) is 2.98. The number of pyridine rings is 1. The summed E-state index contributed by atoms with van der Waals surface area (Å²) >= 11 is 1.61. The lowest BCUT2D eigenvalue weighted by Gasteiger charge is -2.16. The molecule has 1 unspecified atom stereocenters. The van der Waals surface area contributed by atoms with E-state index in [1.165, 1.54) is 0 Å². The Morgan fingerprint density at radius 1 is 1.23 bits per heavy atom. The Morgan fingerprint density at radius 3 is 2.59 bits per heavy atom. The summed E-state index contributed by atoms with van der Waals surface area (Å²) < 4.78 is 0. The number of hydrogen-bond acceptors (Lipinski definition) is 4. The van der Waals surface area contributed by atoms with Crippen LogP contribution >= 0.6 is 11.3 Å². The van der Waals surface area contributed by atoms with Crippen LogP contribution in [0.25, 0.3) is 0 Å². The molecular formula is C16H20N4OS. The summed E-state index contributed by atoms with van der Waals surface area (Å²) in [6, 6.07) is 3.63. The number of thiazole rings is 1. The fourth-order valence-electron chi connectivity index (χ4n) is 2.52. The number of aromatic nitrogens is 2. The molecule has 1 fully saturated rings. The molecule has 2 heterocycles. The number of aryl methyl sites for hydroxylation is 3. The van der Waals surface area contributed by atoms with Crippen molar-refractivity contribution in [1.82, 2.24) is 15.3 Å². The van der Waals surface area contributed by atoms with Gasteiger partial charge in [0.05, 0.1) is 6.04 Å². The molecule has 2 aromatic heterocycles. The van der Waals surface area contributed by atoms with Crippen molar-refractivity contribution in [2.75, 3.05) is 5.32 Å². The van der Waals surface area contributed by atoms with Gasteiger partial charge in [-0.2, -0.15) is 0 Å². The molecular weight excluding hydrogens is 296 g/mol. The topological polar surface area (TPSA) is 66.9 Å². The smallest absolute Gasteiger partial charge is 0.320 e. The number of amides is 2. The first kappa shape index (κ1) is 15.0. The number of urea groups is 1. The first-order valence-electron chi connectivity index (χ1n) is 7.46. The van der Waals surface area contributed by atoms with E-state index in [4.69, 9.17) is 0 Å². The zero-order valence-corrected chi connectivity index (χ0v) is 13.8. The van der Waals surface area contributed by atoms with Crippen molar-refractivity contribution in [2.24, 2.45) is 5.92 Å². The third-order valence-electron chi connectivity index (χ3n) is 3.62. The van der Waals surface area contributed by atoms with Gasteiger partial charge >= 0.3 is 6.03 Å². The van der Waals surface area contributed by atoms with E-state index in [0.29, 0.717) is 11.7 Å². The minimum Gasteiger partial charge on any atom is -0.328 e. The number of nitrogens with zero attached hydrogens (tertiary/aromatic N) is 2. The van der Waals surface area contributed by atoms with Crippen LogP contribution < -0.4 is 10.6 Å². The quantitative estimate of drug-likeness (QED) is 0.903. The van der Waals surface area contributed by atoms with E-state index in [0.717, 1.165) is 34.8 Å². The Balaban J connectivity index is 1.69. The van der Waals surface area contributed by atoms with Gasteiger partial charge in [-0.15, -0.1) is 11.3 Å². The Bertz CT molecular complexity index is 673. The minimum absolute atomic E-state index is 0.00426. The first-order chi connectivity index (χ1) is 10.5. The van der Waals surface area contributed by atoms with Crippen LogP contribution in [0.5, 0.6) is 0 Å². The van der Waals surface area contributed by atoms with Crippen molar-refractivity contribution in [2.45, 2.75) is 39.7 Å². The molecule has 116 valence electrons. The van der Waals surface area contributed by atoms with E-state index in [-0.39, 0.29) is 12.1 Å². The van der Waals surface area contributed by atoms with Gasteiger partial charge in [-0.25, -0.2) is 14.8 Å². The van der Waals surface area contributed by atoms with Gasteiger partial charge in [0.2, 0.25) is 0 Å². The molecule has 0 aromatic carbocycles. The normalized spacial score (nSPS) is 15.4. The van der Waals surface area contributed by atoms with Crippen LogP contribution in [0.3, 0.4) is 0 Å². The fourth-order valence-corrected chi connectivity index (χ4v) is 3.46. The van der Waals surface area contributed by atoms with Gasteiger partial charge in [0.1, 0.15) is 10.8 Å². The lowest BCUT2D eigenvalue weighted by Crippen LogP contribution is -2.34. The summed E-state index contributed by atoms with van der Waals surface area (Å²) in [6.07, 6.45) is 2.29. The molecule has 0 saturated heterocycles. The number of rotatable bonds is 4. The maximum Gasteiger partial charge on any atom is 0.320 e. The largest absolute Gasteiger partial charge is 0.328 e. The number of anilines is 1. The van der Waals surface area contributed by atoms with Gasteiger partial charge in [-0.3, -0.25) is 5.32 Å². The predicted molar refractivity (Wildman–Crippen MR) is 88.2 cm³/mol. The van der Waals surface area contributed by atoms with Crippen LogP contribution in [0.4, 0.5) is 10.6 Å². The van der Waals surface area contributed by atoms with E-state index in [9.17, 15) is 4.79 Å². The van der Waals surface area contributed by atoms with Gasteiger partial charge in [0.15, 0.2) is 0 Å². The van der Waals surface area contributed by atoms with Crippen molar-refractivity contribution >= 4 is 23.2 Å². The Labute approximate surface area is 134 Å². The molecule has 5 nitrogen and oxygen atoms in total. The number of carbonyl (C=O) groups excluding carboxylic acids is 1. The molecule has 2 aromatic rings. The summed E-state index contributed by atoms with van der Waals surface area (Å²) in [5, 5.41) is 8.90. The lowest BCUT2D eigenvalue weighted by atomic mass is 10.2. The van der Waals surface area contributed by atoms with Crippen molar-refractivity contribution in [3.8, 4) is 0 Å². The highest BCUT2D eigenvalue weighted by Gasteiger charge is 2.35. The molecule has 2 N–H and O–H groups in total. The van der Waals surface area contributed by atoms with Gasteiger partial charge < -0.3 is 5.32 Å². The minimum atomic E-state index is -0.220. The Hall–Kier alpha value is -1.95. The highest BCUT2D eigenvalue weighted by molar-refractivity contribution is 7.09. The van der Waals surface area contributed by atoms with Crippen LogP contribution in [-0.4, -0.2) is 16.0 Å². The van der Waals surface area contributed by atoms with Crippen LogP contribution in [-0.2, 0) is 0 Å². The molecule has 0 aliphatic heterocycles. The maximum absolute atomic E-state index is 12.3. The van der Waals surface area contributed by atoms with E-state index in [1.807, 2.05) is 38.3 Å². The van der Waals surface area contributed by atoms with Gasteiger partial charge in [-0.05, 0) is 57.2 Å². The van der Waals surface area contributed by atoms with Gasteiger partial charge in [0.25, 0.3) is 0 Å². The summed E-state index contributed by atoms with van der Waals surface area (Å²) in [7, 11) is 0. The molecule has 0 radical (unpaired) electrons. The molecule has 0 bridgehead atoms. The fraction of sp³-hybridized carbons (Fsp3) is 0.438. The zero-order chi connectivity index (χ0) is 15.7. The third-order valence-corrected chi connectivity index (χ3v) is 4.67.